The van der Waals surface area contributed by atoms with Crippen LogP contribution >= 0.6 is 0 Å². The van der Waals surface area contributed by atoms with Gasteiger partial charge in [0.25, 0.3) is 0 Å². The molecule has 1 saturated carbocycles. The number of rotatable bonds is 11. The zero-order valence-electron chi connectivity index (χ0n) is 13.4. The quantitative estimate of drug-likeness (QED) is 0.606. The first kappa shape index (κ1) is 16.9. The van der Waals surface area contributed by atoms with Crippen LogP contribution in [0.1, 0.15) is 59.3 Å². The molecule has 0 aromatic carbocycles. The van der Waals surface area contributed by atoms with Crippen molar-refractivity contribution in [2.75, 3.05) is 26.7 Å². The van der Waals surface area contributed by atoms with Crippen LogP contribution in [-0.2, 0) is 0 Å². The highest BCUT2D eigenvalue weighted by Crippen LogP contribution is 2.26. The zero-order valence-corrected chi connectivity index (χ0v) is 13.4. The molecular weight excluding hydrogens is 236 g/mol. The molecule has 0 heterocycles. The summed E-state index contributed by atoms with van der Waals surface area (Å²) in [5, 5.41) is 13.4. The van der Waals surface area contributed by atoms with Crippen LogP contribution in [0.25, 0.3) is 0 Å². The van der Waals surface area contributed by atoms with Gasteiger partial charge < -0.3 is 15.3 Å². The van der Waals surface area contributed by atoms with Gasteiger partial charge in [-0.3, -0.25) is 0 Å². The van der Waals surface area contributed by atoms with E-state index in [1.807, 2.05) is 0 Å². The minimum atomic E-state index is -0.0294. The lowest BCUT2D eigenvalue weighted by molar-refractivity contribution is 0.137. The molecule has 0 aromatic rings. The van der Waals surface area contributed by atoms with E-state index in [9.17, 15) is 5.11 Å². The normalized spacial score (nSPS) is 20.5. The van der Waals surface area contributed by atoms with Gasteiger partial charge in [0.2, 0.25) is 0 Å². The van der Waals surface area contributed by atoms with Crippen LogP contribution in [-0.4, -0.2) is 48.3 Å². The summed E-state index contributed by atoms with van der Waals surface area (Å²) in [5.41, 5.74) is -0.0294. The fourth-order valence-corrected chi connectivity index (χ4v) is 2.69. The van der Waals surface area contributed by atoms with E-state index in [4.69, 9.17) is 0 Å². The highest BCUT2D eigenvalue weighted by molar-refractivity contribution is 4.94. The van der Waals surface area contributed by atoms with Crippen molar-refractivity contribution in [3.8, 4) is 0 Å². The van der Waals surface area contributed by atoms with Gasteiger partial charge in [0.05, 0.1) is 6.61 Å². The van der Waals surface area contributed by atoms with Crippen LogP contribution in [0.4, 0.5) is 0 Å². The average molecular weight is 270 g/mol. The summed E-state index contributed by atoms with van der Waals surface area (Å²) in [4.78, 5) is 2.43. The summed E-state index contributed by atoms with van der Waals surface area (Å²) < 4.78 is 0. The van der Waals surface area contributed by atoms with E-state index in [0.29, 0.717) is 6.04 Å². The molecule has 3 heteroatoms. The minimum absolute atomic E-state index is 0.0294. The summed E-state index contributed by atoms with van der Waals surface area (Å²) in [7, 11) is 2.22. The summed E-state index contributed by atoms with van der Waals surface area (Å²) >= 11 is 0. The number of hydrogen-bond donors (Lipinski definition) is 2. The molecule has 0 amide bonds. The maximum atomic E-state index is 9.73. The van der Waals surface area contributed by atoms with Gasteiger partial charge in [0, 0.05) is 18.1 Å². The van der Waals surface area contributed by atoms with Gasteiger partial charge in [0.15, 0.2) is 0 Å². The van der Waals surface area contributed by atoms with Crippen LogP contribution in [0.5, 0.6) is 0 Å². The van der Waals surface area contributed by atoms with E-state index >= 15 is 0 Å². The molecule has 1 aliphatic carbocycles. The van der Waals surface area contributed by atoms with Crippen LogP contribution in [0.2, 0.25) is 0 Å². The Kier molecular flexibility index (Phi) is 7.33. The Morgan fingerprint density at radius 1 is 1.37 bits per heavy atom. The molecule has 114 valence electrons. The molecule has 2 unspecified atom stereocenters. The highest BCUT2D eigenvalue weighted by atomic mass is 16.3. The Balaban J connectivity index is 2.27. The van der Waals surface area contributed by atoms with Crippen molar-refractivity contribution in [2.45, 2.75) is 70.9 Å². The van der Waals surface area contributed by atoms with Crippen molar-refractivity contribution < 1.29 is 5.11 Å². The minimum Gasteiger partial charge on any atom is -0.394 e. The van der Waals surface area contributed by atoms with Crippen LogP contribution in [0.3, 0.4) is 0 Å². The van der Waals surface area contributed by atoms with E-state index in [-0.39, 0.29) is 12.1 Å². The zero-order chi connectivity index (χ0) is 14.3. The van der Waals surface area contributed by atoms with E-state index in [0.717, 1.165) is 25.3 Å². The Morgan fingerprint density at radius 3 is 2.53 bits per heavy atom. The van der Waals surface area contributed by atoms with Crippen LogP contribution in [0.15, 0.2) is 0 Å². The van der Waals surface area contributed by atoms with Gasteiger partial charge in [-0.2, -0.15) is 0 Å². The second-order valence-electron chi connectivity index (χ2n) is 6.59. The monoisotopic (exact) mass is 270 g/mol. The lowest BCUT2D eigenvalue weighted by Crippen LogP contribution is -2.49. The molecule has 0 radical (unpaired) electrons. The summed E-state index contributed by atoms with van der Waals surface area (Å²) in [5.74, 6) is 0.781. The van der Waals surface area contributed by atoms with Crippen molar-refractivity contribution in [3.63, 3.8) is 0 Å². The molecule has 1 fully saturated rings. The maximum absolute atomic E-state index is 9.73. The second kappa shape index (κ2) is 8.23. The number of nitrogens with zero attached hydrogens (tertiary/aromatic N) is 1. The Hall–Kier alpha value is -0.120. The van der Waals surface area contributed by atoms with E-state index in [1.165, 1.54) is 32.2 Å². The molecule has 19 heavy (non-hydrogen) atoms. The molecule has 3 nitrogen and oxygen atoms in total. The fourth-order valence-electron chi connectivity index (χ4n) is 2.69. The molecule has 1 rings (SSSR count). The molecule has 0 bridgehead atoms. The number of aliphatic hydroxyl groups excluding tert-OH is 1. The molecule has 0 aromatic heterocycles. The van der Waals surface area contributed by atoms with Gasteiger partial charge in [0.1, 0.15) is 0 Å². The summed E-state index contributed by atoms with van der Waals surface area (Å²) in [6, 6.07) is 0.671. The van der Waals surface area contributed by atoms with E-state index < -0.39 is 0 Å². The second-order valence-corrected chi connectivity index (χ2v) is 6.59. The van der Waals surface area contributed by atoms with E-state index in [2.05, 4.69) is 38.0 Å². The van der Waals surface area contributed by atoms with Crippen molar-refractivity contribution in [1.29, 1.82) is 0 Å². The SMILES string of the molecule is CCC(C)CN(C)CCCC(CC)(CO)NC1CC1. The molecule has 0 spiro atoms. The molecule has 0 aliphatic heterocycles. The standard InChI is InChI=1S/C16H34N2O/c1-5-14(3)12-18(4)11-7-10-16(6-2,13-19)17-15-8-9-15/h14-15,17,19H,5-13H2,1-4H3. The highest BCUT2D eigenvalue weighted by Gasteiger charge is 2.33. The molecular formula is C16H34N2O. The molecule has 2 atom stereocenters. The molecule has 1 aliphatic rings. The van der Waals surface area contributed by atoms with Crippen LogP contribution < -0.4 is 5.32 Å². The van der Waals surface area contributed by atoms with Crippen molar-refractivity contribution in [3.05, 3.63) is 0 Å². The lowest BCUT2D eigenvalue weighted by Gasteiger charge is -2.33. The lowest BCUT2D eigenvalue weighted by atomic mass is 9.91. The first-order valence-electron chi connectivity index (χ1n) is 8.12. The Morgan fingerprint density at radius 2 is 2.05 bits per heavy atom. The fraction of sp³-hybridized carbons (Fsp3) is 1.00. The third-order valence-electron chi connectivity index (χ3n) is 4.58. The average Bonchev–Trinajstić information content (AvgIpc) is 3.21. The topological polar surface area (TPSA) is 35.5 Å². The predicted molar refractivity (Wildman–Crippen MR) is 82.5 cm³/mol. The van der Waals surface area contributed by atoms with Gasteiger partial charge in [-0.15, -0.1) is 0 Å². The Bertz CT molecular complexity index is 237. The number of aliphatic hydroxyl groups is 1. The maximum Gasteiger partial charge on any atom is 0.0613 e. The first-order chi connectivity index (χ1) is 9.05. The first-order valence-corrected chi connectivity index (χ1v) is 8.12. The summed E-state index contributed by atoms with van der Waals surface area (Å²) in [6.07, 6.45) is 7.10. The van der Waals surface area contributed by atoms with Gasteiger partial charge >= 0.3 is 0 Å². The smallest absolute Gasteiger partial charge is 0.0613 e. The number of nitrogens with one attached hydrogen (secondary N) is 1. The third kappa shape index (κ3) is 6.24. The molecule has 0 saturated heterocycles. The van der Waals surface area contributed by atoms with Crippen LogP contribution in [0, 0.1) is 5.92 Å². The largest absolute Gasteiger partial charge is 0.394 e. The van der Waals surface area contributed by atoms with E-state index in [1.54, 1.807) is 0 Å². The van der Waals surface area contributed by atoms with Crippen molar-refractivity contribution in [2.24, 2.45) is 5.92 Å². The molecule has 2 N–H and O–H groups in total. The Labute approximate surface area is 119 Å². The summed E-state index contributed by atoms with van der Waals surface area (Å²) in [6.45, 7) is 9.36. The van der Waals surface area contributed by atoms with Crippen molar-refractivity contribution in [1.82, 2.24) is 10.2 Å². The van der Waals surface area contributed by atoms with Gasteiger partial charge in [-0.25, -0.2) is 0 Å². The van der Waals surface area contributed by atoms with Gasteiger partial charge in [-0.1, -0.05) is 27.2 Å². The van der Waals surface area contributed by atoms with Crippen molar-refractivity contribution >= 4 is 0 Å². The number of hydrogen-bond acceptors (Lipinski definition) is 3. The van der Waals surface area contributed by atoms with Gasteiger partial charge in [-0.05, 0) is 51.6 Å². The predicted octanol–water partition coefficient (Wildman–Crippen LogP) is 2.64. The third-order valence-corrected chi connectivity index (χ3v) is 4.58.